The summed E-state index contributed by atoms with van der Waals surface area (Å²) in [6.45, 7) is -0.177. The van der Waals surface area contributed by atoms with Crippen molar-refractivity contribution >= 4 is 35.0 Å². The first-order chi connectivity index (χ1) is 8.19. The molecule has 0 bridgehead atoms. The van der Waals surface area contributed by atoms with Crippen molar-refractivity contribution in [2.24, 2.45) is 0 Å². The Morgan fingerprint density at radius 3 is 3.12 bits per heavy atom. The molecular weight excluding hydrogens is 240 g/mol. The lowest BCUT2D eigenvalue weighted by molar-refractivity contribution is -0.117. The summed E-state index contributed by atoms with van der Waals surface area (Å²) in [5.41, 5.74) is 1.33. The van der Waals surface area contributed by atoms with Crippen LogP contribution in [0.5, 0.6) is 0 Å². The van der Waals surface area contributed by atoms with Crippen molar-refractivity contribution in [3.63, 3.8) is 0 Å². The Morgan fingerprint density at radius 1 is 1.53 bits per heavy atom. The lowest BCUT2D eigenvalue weighted by atomic mass is 10.2. The zero-order valence-corrected chi connectivity index (χ0v) is 9.84. The average Bonchev–Trinajstić information content (AvgIpc) is 2.28. The van der Waals surface area contributed by atoms with Crippen LogP contribution >= 0.6 is 11.8 Å². The molecule has 1 aromatic carbocycles. The Hall–Kier alpha value is -1.53. The van der Waals surface area contributed by atoms with E-state index in [2.05, 4.69) is 10.6 Å². The minimum absolute atomic E-state index is 0.0404. The Kier molecular flexibility index (Phi) is 3.65. The van der Waals surface area contributed by atoms with Crippen LogP contribution in [0.15, 0.2) is 23.1 Å². The maximum Gasteiger partial charge on any atom is 0.234 e. The van der Waals surface area contributed by atoms with Crippen LogP contribution in [0.4, 0.5) is 11.4 Å². The van der Waals surface area contributed by atoms with Gasteiger partial charge in [0.05, 0.1) is 24.5 Å². The maximum absolute atomic E-state index is 11.3. The Labute approximate surface area is 103 Å². The second kappa shape index (κ2) is 5.20. The van der Waals surface area contributed by atoms with E-state index in [4.69, 9.17) is 5.11 Å². The molecule has 1 aromatic rings. The molecular formula is C11H12N2O3S. The number of benzene rings is 1. The van der Waals surface area contributed by atoms with Gasteiger partial charge >= 0.3 is 0 Å². The first-order valence-electron chi connectivity index (χ1n) is 5.16. The monoisotopic (exact) mass is 252 g/mol. The Balaban J connectivity index is 2.13. The molecule has 5 nitrogen and oxygen atoms in total. The molecule has 0 saturated carbocycles. The van der Waals surface area contributed by atoms with E-state index in [9.17, 15) is 9.59 Å². The fourth-order valence-electron chi connectivity index (χ4n) is 1.49. The average molecular weight is 252 g/mol. The second-order valence-electron chi connectivity index (χ2n) is 3.57. The highest BCUT2D eigenvalue weighted by molar-refractivity contribution is 8.00. The molecule has 1 aliphatic rings. The van der Waals surface area contributed by atoms with Crippen LogP contribution in [0.2, 0.25) is 0 Å². The predicted octanol–water partition coefficient (Wildman–Crippen LogP) is 1.05. The number of hydrogen-bond donors (Lipinski definition) is 3. The molecule has 17 heavy (non-hydrogen) atoms. The summed E-state index contributed by atoms with van der Waals surface area (Å²) in [7, 11) is 0. The van der Waals surface area contributed by atoms with Crippen LogP contribution in [0.1, 0.15) is 6.42 Å². The number of fused-ring (bicyclic) bond motifs is 1. The van der Waals surface area contributed by atoms with Gasteiger partial charge in [-0.1, -0.05) is 0 Å². The van der Waals surface area contributed by atoms with E-state index in [1.54, 1.807) is 12.1 Å². The van der Waals surface area contributed by atoms with E-state index in [1.165, 1.54) is 11.8 Å². The normalized spacial score (nSPS) is 13.8. The molecule has 2 rings (SSSR count). The van der Waals surface area contributed by atoms with Gasteiger partial charge in [-0.2, -0.15) is 0 Å². The first kappa shape index (κ1) is 11.9. The number of carbonyl (C=O) groups excluding carboxylic acids is 2. The molecule has 1 heterocycles. The molecule has 6 heteroatoms. The van der Waals surface area contributed by atoms with Crippen LogP contribution in [0, 0.1) is 0 Å². The molecule has 0 fully saturated rings. The number of amides is 2. The number of thioether (sulfide) groups is 1. The third-order valence-electron chi connectivity index (χ3n) is 2.24. The number of nitrogens with one attached hydrogen (secondary N) is 2. The molecule has 90 valence electrons. The number of hydrogen-bond acceptors (Lipinski definition) is 4. The summed E-state index contributed by atoms with van der Waals surface area (Å²) >= 11 is 1.47. The van der Waals surface area contributed by atoms with Crippen LogP contribution < -0.4 is 10.6 Å². The number of anilines is 2. The van der Waals surface area contributed by atoms with Gasteiger partial charge in [0.1, 0.15) is 0 Å². The molecule has 0 radical (unpaired) electrons. The van der Waals surface area contributed by atoms with Crippen LogP contribution in [-0.2, 0) is 9.59 Å². The smallest absolute Gasteiger partial charge is 0.234 e. The minimum Gasteiger partial charge on any atom is -0.396 e. The molecule has 0 atom stereocenters. The van der Waals surface area contributed by atoms with E-state index in [-0.39, 0.29) is 24.8 Å². The topological polar surface area (TPSA) is 78.4 Å². The molecule has 3 N–H and O–H groups in total. The number of aliphatic hydroxyl groups excluding tert-OH is 1. The fraction of sp³-hybridized carbons (Fsp3) is 0.273. The summed E-state index contributed by atoms with van der Waals surface area (Å²) < 4.78 is 0. The van der Waals surface area contributed by atoms with Gasteiger partial charge in [-0.25, -0.2) is 0 Å². The summed E-state index contributed by atoms with van der Waals surface area (Å²) in [4.78, 5) is 23.5. The van der Waals surface area contributed by atoms with Gasteiger partial charge < -0.3 is 15.7 Å². The van der Waals surface area contributed by atoms with Gasteiger partial charge in [-0.15, -0.1) is 11.8 Å². The number of aliphatic hydroxyl groups is 1. The van der Waals surface area contributed by atoms with E-state index < -0.39 is 0 Å². The van der Waals surface area contributed by atoms with Gasteiger partial charge in [0.15, 0.2) is 0 Å². The van der Waals surface area contributed by atoms with Crippen molar-refractivity contribution in [1.29, 1.82) is 0 Å². The van der Waals surface area contributed by atoms with Crippen molar-refractivity contribution in [2.45, 2.75) is 11.3 Å². The predicted molar refractivity (Wildman–Crippen MR) is 66.1 cm³/mol. The largest absolute Gasteiger partial charge is 0.396 e. The summed E-state index contributed by atoms with van der Waals surface area (Å²) in [6.07, 6.45) is 0.0677. The molecule has 0 saturated heterocycles. The van der Waals surface area contributed by atoms with Crippen molar-refractivity contribution in [3.8, 4) is 0 Å². The van der Waals surface area contributed by atoms with Crippen LogP contribution in [0.25, 0.3) is 0 Å². The quantitative estimate of drug-likeness (QED) is 0.751. The third kappa shape index (κ3) is 2.98. The zero-order valence-electron chi connectivity index (χ0n) is 9.03. The zero-order chi connectivity index (χ0) is 12.3. The van der Waals surface area contributed by atoms with E-state index >= 15 is 0 Å². The summed E-state index contributed by atoms with van der Waals surface area (Å²) in [5.74, 6) is 0.132. The van der Waals surface area contributed by atoms with Crippen LogP contribution in [-0.4, -0.2) is 29.3 Å². The molecule has 1 aliphatic heterocycles. The molecule has 0 spiro atoms. The van der Waals surface area contributed by atoms with Gasteiger partial charge in [0.2, 0.25) is 11.8 Å². The van der Waals surface area contributed by atoms with Gasteiger partial charge in [-0.05, 0) is 18.2 Å². The molecule has 0 aromatic heterocycles. The summed E-state index contributed by atoms with van der Waals surface area (Å²) in [6, 6.07) is 5.35. The fourth-order valence-corrected chi connectivity index (χ4v) is 2.27. The minimum atomic E-state index is -0.248. The van der Waals surface area contributed by atoms with Crippen molar-refractivity contribution in [2.75, 3.05) is 23.0 Å². The van der Waals surface area contributed by atoms with Crippen LogP contribution in [0.3, 0.4) is 0 Å². The van der Waals surface area contributed by atoms with Crippen molar-refractivity contribution < 1.29 is 14.7 Å². The molecule has 0 unspecified atom stereocenters. The highest BCUT2D eigenvalue weighted by Crippen LogP contribution is 2.33. The molecule has 0 aliphatic carbocycles. The highest BCUT2D eigenvalue weighted by atomic mass is 32.2. The van der Waals surface area contributed by atoms with E-state index in [0.29, 0.717) is 17.1 Å². The van der Waals surface area contributed by atoms with Crippen molar-refractivity contribution in [3.05, 3.63) is 18.2 Å². The summed E-state index contributed by atoms with van der Waals surface area (Å²) in [5, 5.41) is 14.0. The lowest BCUT2D eigenvalue weighted by Crippen LogP contribution is -2.19. The third-order valence-corrected chi connectivity index (χ3v) is 3.31. The SMILES string of the molecule is O=C(CCO)Nc1ccc2c(c1)NC(=O)CS2. The standard InChI is InChI=1S/C11H12N2O3S/c14-4-3-10(15)12-7-1-2-9-8(5-7)13-11(16)6-17-9/h1-2,5,14H,3-4,6H2,(H,12,15)(H,13,16). The van der Waals surface area contributed by atoms with E-state index in [0.717, 1.165) is 4.90 Å². The van der Waals surface area contributed by atoms with E-state index in [1.807, 2.05) is 6.07 Å². The van der Waals surface area contributed by atoms with Gasteiger partial charge in [0, 0.05) is 10.6 Å². The van der Waals surface area contributed by atoms with Gasteiger partial charge in [0.25, 0.3) is 0 Å². The lowest BCUT2D eigenvalue weighted by Gasteiger charge is -2.17. The number of carbonyl (C=O) groups is 2. The first-order valence-corrected chi connectivity index (χ1v) is 6.15. The van der Waals surface area contributed by atoms with Crippen molar-refractivity contribution in [1.82, 2.24) is 0 Å². The second-order valence-corrected chi connectivity index (χ2v) is 4.59. The highest BCUT2D eigenvalue weighted by Gasteiger charge is 2.15. The molecule has 2 amide bonds. The van der Waals surface area contributed by atoms with Gasteiger partial charge in [-0.3, -0.25) is 9.59 Å². The number of rotatable bonds is 3. The Bertz CT molecular complexity index is 462. The Morgan fingerprint density at radius 2 is 2.35 bits per heavy atom. The maximum atomic E-state index is 11.3.